The van der Waals surface area contributed by atoms with Crippen molar-refractivity contribution in [3.63, 3.8) is 0 Å². The van der Waals surface area contributed by atoms with Gasteiger partial charge in [-0.15, -0.1) is 24.0 Å². The van der Waals surface area contributed by atoms with Gasteiger partial charge in [0.1, 0.15) is 0 Å². The summed E-state index contributed by atoms with van der Waals surface area (Å²) in [5.41, 5.74) is 0.182. The van der Waals surface area contributed by atoms with E-state index in [9.17, 15) is 0 Å². The minimum atomic E-state index is 0. The number of likely N-dealkylation sites (tertiary alicyclic amines) is 1. The molecule has 0 radical (unpaired) electrons. The summed E-state index contributed by atoms with van der Waals surface area (Å²) in [6.07, 6.45) is 3.49. The predicted molar refractivity (Wildman–Crippen MR) is 108 cm³/mol. The summed E-state index contributed by atoms with van der Waals surface area (Å²) in [6, 6.07) is 0. The van der Waals surface area contributed by atoms with Crippen molar-refractivity contribution in [2.24, 2.45) is 16.8 Å². The summed E-state index contributed by atoms with van der Waals surface area (Å²) >= 11 is 0. The van der Waals surface area contributed by atoms with Crippen molar-refractivity contribution in [3.05, 3.63) is 0 Å². The number of ether oxygens (including phenoxy) is 1. The van der Waals surface area contributed by atoms with Crippen LogP contribution in [0.15, 0.2) is 4.99 Å². The Morgan fingerprint density at radius 1 is 1.22 bits per heavy atom. The quantitative estimate of drug-likeness (QED) is 0.417. The maximum absolute atomic E-state index is 5.56. The Morgan fingerprint density at radius 2 is 1.78 bits per heavy atom. The van der Waals surface area contributed by atoms with E-state index in [1.807, 2.05) is 7.05 Å². The van der Waals surface area contributed by atoms with Gasteiger partial charge in [-0.2, -0.15) is 0 Å². The van der Waals surface area contributed by atoms with Gasteiger partial charge < -0.3 is 19.9 Å². The molecule has 2 unspecified atom stereocenters. The predicted octanol–water partition coefficient (Wildman–Crippen LogP) is 2.27. The normalized spacial score (nSPS) is 28.4. The number of halogens is 1. The average molecular weight is 438 g/mol. The lowest BCUT2D eigenvalue weighted by molar-refractivity contribution is -0.00537. The van der Waals surface area contributed by atoms with Crippen LogP contribution in [0.25, 0.3) is 0 Å². The molecule has 0 aromatic carbocycles. The summed E-state index contributed by atoms with van der Waals surface area (Å²) < 4.78 is 5.56. The standard InChI is InChI=1S/C17H34N4O.HI/c1-14-10-15(2)12-21(11-14)16(18-3)19-13-17(20(4)5)6-8-22-9-7-17;/h14-15H,6-13H2,1-5H3,(H,18,19);1H. The number of guanidine groups is 1. The smallest absolute Gasteiger partial charge is 0.193 e. The van der Waals surface area contributed by atoms with E-state index < -0.39 is 0 Å². The van der Waals surface area contributed by atoms with Crippen molar-refractivity contribution in [3.8, 4) is 0 Å². The van der Waals surface area contributed by atoms with Gasteiger partial charge in [0, 0.05) is 45.4 Å². The fraction of sp³-hybridized carbons (Fsp3) is 0.941. The lowest BCUT2D eigenvalue weighted by Gasteiger charge is -2.44. The topological polar surface area (TPSA) is 40.1 Å². The second-order valence-electron chi connectivity index (χ2n) is 7.48. The molecule has 2 saturated heterocycles. The van der Waals surface area contributed by atoms with Gasteiger partial charge in [0.25, 0.3) is 0 Å². The summed E-state index contributed by atoms with van der Waals surface area (Å²) in [4.78, 5) is 9.33. The molecule has 2 atom stereocenters. The fourth-order valence-corrected chi connectivity index (χ4v) is 3.95. The van der Waals surface area contributed by atoms with Crippen LogP contribution in [-0.2, 0) is 4.74 Å². The molecule has 2 aliphatic rings. The number of aliphatic imine (C=N–C) groups is 1. The number of rotatable bonds is 3. The molecule has 0 aliphatic carbocycles. The van der Waals surface area contributed by atoms with Crippen molar-refractivity contribution in [2.75, 3.05) is 54.0 Å². The van der Waals surface area contributed by atoms with Crippen LogP contribution in [0, 0.1) is 11.8 Å². The molecule has 0 spiro atoms. The van der Waals surface area contributed by atoms with Crippen LogP contribution >= 0.6 is 24.0 Å². The van der Waals surface area contributed by atoms with Crippen molar-refractivity contribution >= 4 is 29.9 Å². The molecule has 1 N–H and O–H groups in total. The molecule has 23 heavy (non-hydrogen) atoms. The molecule has 2 heterocycles. The van der Waals surface area contributed by atoms with Gasteiger partial charge in [0.05, 0.1) is 0 Å². The first-order valence-electron chi connectivity index (χ1n) is 8.67. The second kappa shape index (κ2) is 9.42. The van der Waals surface area contributed by atoms with Gasteiger partial charge in [-0.3, -0.25) is 4.99 Å². The van der Waals surface area contributed by atoms with Gasteiger partial charge in [0.15, 0.2) is 5.96 Å². The minimum Gasteiger partial charge on any atom is -0.381 e. The van der Waals surface area contributed by atoms with E-state index in [2.05, 4.69) is 48.1 Å². The molecule has 6 heteroatoms. The number of likely N-dealkylation sites (N-methyl/N-ethyl adjacent to an activating group) is 1. The van der Waals surface area contributed by atoms with Crippen LogP contribution in [0.5, 0.6) is 0 Å². The Balaban J connectivity index is 0.00000264. The Kier molecular flexibility index (Phi) is 8.58. The zero-order valence-corrected chi connectivity index (χ0v) is 17.8. The van der Waals surface area contributed by atoms with Gasteiger partial charge in [-0.25, -0.2) is 0 Å². The first-order chi connectivity index (χ1) is 10.5. The molecule has 136 valence electrons. The van der Waals surface area contributed by atoms with Crippen molar-refractivity contribution in [2.45, 2.75) is 38.6 Å². The lowest BCUT2D eigenvalue weighted by atomic mass is 9.88. The van der Waals surface area contributed by atoms with E-state index in [0.717, 1.165) is 63.5 Å². The van der Waals surface area contributed by atoms with Crippen LogP contribution in [-0.4, -0.2) is 75.3 Å². The molecule has 0 bridgehead atoms. The van der Waals surface area contributed by atoms with Gasteiger partial charge in [0.2, 0.25) is 0 Å². The third kappa shape index (κ3) is 5.46. The van der Waals surface area contributed by atoms with E-state index in [4.69, 9.17) is 4.74 Å². The highest BCUT2D eigenvalue weighted by Crippen LogP contribution is 2.26. The molecule has 2 fully saturated rings. The molecule has 5 nitrogen and oxygen atoms in total. The Bertz CT molecular complexity index is 373. The van der Waals surface area contributed by atoms with E-state index in [1.165, 1.54) is 6.42 Å². The number of piperidine rings is 1. The Hall–Kier alpha value is -0.0800. The van der Waals surface area contributed by atoms with E-state index in [-0.39, 0.29) is 29.5 Å². The van der Waals surface area contributed by atoms with E-state index in [0.29, 0.717) is 0 Å². The molecule has 0 amide bonds. The SMILES string of the molecule is CN=C(NCC1(N(C)C)CCOCC1)N1CC(C)CC(C)C1.I. The summed E-state index contributed by atoms with van der Waals surface area (Å²) in [6.45, 7) is 9.57. The Morgan fingerprint density at radius 3 is 2.26 bits per heavy atom. The molecule has 0 aromatic rings. The van der Waals surface area contributed by atoms with Crippen LogP contribution < -0.4 is 5.32 Å². The van der Waals surface area contributed by atoms with E-state index >= 15 is 0 Å². The maximum atomic E-state index is 5.56. The third-order valence-corrected chi connectivity index (χ3v) is 5.33. The summed E-state index contributed by atoms with van der Waals surface area (Å²) in [5.74, 6) is 2.55. The monoisotopic (exact) mass is 438 g/mol. The molecule has 0 saturated carbocycles. The van der Waals surface area contributed by atoms with Crippen LogP contribution in [0.2, 0.25) is 0 Å². The molecular weight excluding hydrogens is 403 g/mol. The molecule has 2 rings (SSSR count). The van der Waals surface area contributed by atoms with Crippen LogP contribution in [0.4, 0.5) is 0 Å². The highest BCUT2D eigenvalue weighted by Gasteiger charge is 2.35. The van der Waals surface area contributed by atoms with Crippen LogP contribution in [0.1, 0.15) is 33.1 Å². The molecule has 0 aromatic heterocycles. The number of nitrogens with one attached hydrogen (secondary N) is 1. The zero-order valence-electron chi connectivity index (χ0n) is 15.5. The third-order valence-electron chi connectivity index (χ3n) is 5.33. The average Bonchev–Trinajstić information content (AvgIpc) is 2.47. The second-order valence-corrected chi connectivity index (χ2v) is 7.48. The lowest BCUT2D eigenvalue weighted by Crippen LogP contribution is -2.58. The highest BCUT2D eigenvalue weighted by molar-refractivity contribution is 14.0. The van der Waals surface area contributed by atoms with E-state index in [1.54, 1.807) is 0 Å². The summed E-state index contributed by atoms with van der Waals surface area (Å²) in [5, 5.41) is 3.65. The zero-order chi connectivity index (χ0) is 16.2. The number of hydrogen-bond acceptors (Lipinski definition) is 3. The molecular formula is C17H35IN4O. The summed E-state index contributed by atoms with van der Waals surface area (Å²) in [7, 11) is 6.26. The van der Waals surface area contributed by atoms with Crippen LogP contribution in [0.3, 0.4) is 0 Å². The minimum absolute atomic E-state index is 0. The highest BCUT2D eigenvalue weighted by atomic mass is 127. The van der Waals surface area contributed by atoms with Crippen molar-refractivity contribution in [1.82, 2.24) is 15.1 Å². The van der Waals surface area contributed by atoms with Gasteiger partial charge in [-0.1, -0.05) is 13.8 Å². The number of hydrogen-bond donors (Lipinski definition) is 1. The van der Waals surface area contributed by atoms with Gasteiger partial charge >= 0.3 is 0 Å². The maximum Gasteiger partial charge on any atom is 0.193 e. The molecule has 2 aliphatic heterocycles. The first-order valence-corrected chi connectivity index (χ1v) is 8.67. The van der Waals surface area contributed by atoms with Gasteiger partial charge in [-0.05, 0) is 45.2 Å². The Labute approximate surface area is 159 Å². The fourth-order valence-electron chi connectivity index (χ4n) is 3.95. The van der Waals surface area contributed by atoms with Crippen molar-refractivity contribution in [1.29, 1.82) is 0 Å². The number of nitrogens with zero attached hydrogens (tertiary/aromatic N) is 3. The first kappa shape index (κ1) is 21.0. The van der Waals surface area contributed by atoms with Crippen molar-refractivity contribution < 1.29 is 4.74 Å². The largest absolute Gasteiger partial charge is 0.381 e.